The Morgan fingerprint density at radius 3 is 2.14 bits per heavy atom. The first-order valence-corrected chi connectivity index (χ1v) is 10.2. The van der Waals surface area contributed by atoms with E-state index in [1.54, 1.807) is 0 Å². The van der Waals surface area contributed by atoms with Crippen LogP contribution in [-0.2, 0) is 22.4 Å². The number of hydrogen-bond donors (Lipinski definition) is 1. The van der Waals surface area contributed by atoms with E-state index < -0.39 is 5.41 Å². The van der Waals surface area contributed by atoms with Gasteiger partial charge in [0.25, 0.3) is 0 Å². The van der Waals surface area contributed by atoms with Gasteiger partial charge in [0.1, 0.15) is 0 Å². The molecule has 0 saturated carbocycles. The minimum Gasteiger partial charge on any atom is -0.316 e. The second-order valence-corrected chi connectivity index (χ2v) is 8.14. The highest BCUT2D eigenvalue weighted by Gasteiger charge is 2.47. The van der Waals surface area contributed by atoms with Crippen molar-refractivity contribution in [2.75, 3.05) is 36.0 Å². The average molecular weight is 375 g/mol. The molecule has 28 heavy (non-hydrogen) atoms. The SMILES string of the molecule is O=C(CC1(C(=O)N2CCc3ccccc32)CCNC1)N1CCc2ccccc21. The van der Waals surface area contributed by atoms with E-state index in [9.17, 15) is 9.59 Å². The Labute approximate surface area is 165 Å². The lowest BCUT2D eigenvalue weighted by molar-refractivity contribution is -0.132. The molecule has 3 aliphatic heterocycles. The van der Waals surface area contributed by atoms with Gasteiger partial charge in [-0.05, 0) is 49.1 Å². The zero-order valence-electron chi connectivity index (χ0n) is 16.0. The van der Waals surface area contributed by atoms with Crippen molar-refractivity contribution in [3.8, 4) is 0 Å². The topological polar surface area (TPSA) is 52.7 Å². The van der Waals surface area contributed by atoms with Gasteiger partial charge in [0, 0.05) is 37.4 Å². The van der Waals surface area contributed by atoms with Crippen LogP contribution in [0.2, 0.25) is 0 Å². The van der Waals surface area contributed by atoms with Crippen LogP contribution in [0.4, 0.5) is 11.4 Å². The van der Waals surface area contributed by atoms with Crippen molar-refractivity contribution in [1.82, 2.24) is 5.32 Å². The van der Waals surface area contributed by atoms with Crippen LogP contribution in [-0.4, -0.2) is 38.0 Å². The summed E-state index contributed by atoms with van der Waals surface area (Å²) < 4.78 is 0. The van der Waals surface area contributed by atoms with Crippen molar-refractivity contribution in [2.45, 2.75) is 25.7 Å². The van der Waals surface area contributed by atoms with Crippen molar-refractivity contribution in [1.29, 1.82) is 0 Å². The monoisotopic (exact) mass is 375 g/mol. The number of para-hydroxylation sites is 2. The molecule has 0 radical (unpaired) electrons. The van der Waals surface area contributed by atoms with E-state index in [0.29, 0.717) is 26.1 Å². The lowest BCUT2D eigenvalue weighted by Crippen LogP contribution is -2.48. The molecule has 5 nitrogen and oxygen atoms in total. The molecular formula is C23H25N3O2. The van der Waals surface area contributed by atoms with Gasteiger partial charge >= 0.3 is 0 Å². The number of amides is 2. The van der Waals surface area contributed by atoms with Gasteiger partial charge < -0.3 is 15.1 Å². The summed E-state index contributed by atoms with van der Waals surface area (Å²) in [5.74, 6) is 0.165. The molecule has 3 aliphatic rings. The number of nitrogens with one attached hydrogen (secondary N) is 1. The van der Waals surface area contributed by atoms with E-state index in [1.807, 2.05) is 46.2 Å². The number of benzene rings is 2. The van der Waals surface area contributed by atoms with Crippen molar-refractivity contribution >= 4 is 23.2 Å². The first-order valence-electron chi connectivity index (χ1n) is 10.2. The molecule has 3 heterocycles. The van der Waals surface area contributed by atoms with Crippen LogP contribution in [0.1, 0.15) is 24.0 Å². The largest absolute Gasteiger partial charge is 0.316 e. The quantitative estimate of drug-likeness (QED) is 0.897. The summed E-state index contributed by atoms with van der Waals surface area (Å²) in [5.41, 5.74) is 3.81. The number of anilines is 2. The fourth-order valence-corrected chi connectivity index (χ4v) is 4.97. The van der Waals surface area contributed by atoms with Gasteiger partial charge in [0.15, 0.2) is 0 Å². The molecule has 1 fully saturated rings. The van der Waals surface area contributed by atoms with Gasteiger partial charge in [-0.1, -0.05) is 36.4 Å². The maximum absolute atomic E-state index is 13.6. The van der Waals surface area contributed by atoms with E-state index in [-0.39, 0.29) is 18.2 Å². The number of carbonyl (C=O) groups is 2. The number of nitrogens with zero attached hydrogens (tertiary/aromatic N) is 2. The van der Waals surface area contributed by atoms with Crippen LogP contribution in [0, 0.1) is 5.41 Å². The van der Waals surface area contributed by atoms with Crippen LogP contribution >= 0.6 is 0 Å². The Kier molecular flexibility index (Phi) is 4.20. The van der Waals surface area contributed by atoms with Crippen molar-refractivity contribution in [3.05, 3.63) is 59.7 Å². The van der Waals surface area contributed by atoms with Crippen LogP contribution in [0.25, 0.3) is 0 Å². The Hall–Kier alpha value is -2.66. The molecule has 144 valence electrons. The van der Waals surface area contributed by atoms with Crippen LogP contribution in [0.15, 0.2) is 48.5 Å². The second kappa shape index (κ2) is 6.74. The number of rotatable bonds is 3. The minimum atomic E-state index is -0.647. The lowest BCUT2D eigenvalue weighted by Gasteiger charge is -2.33. The summed E-state index contributed by atoms with van der Waals surface area (Å²) in [5, 5.41) is 3.34. The number of hydrogen-bond acceptors (Lipinski definition) is 3. The van der Waals surface area contributed by atoms with Gasteiger partial charge in [-0.25, -0.2) is 0 Å². The molecule has 1 atom stereocenters. The van der Waals surface area contributed by atoms with E-state index >= 15 is 0 Å². The Balaban J connectivity index is 1.40. The minimum absolute atomic E-state index is 0.0643. The highest BCUT2D eigenvalue weighted by Crippen LogP contribution is 2.39. The molecule has 2 aromatic carbocycles. The zero-order valence-corrected chi connectivity index (χ0v) is 16.0. The molecule has 5 rings (SSSR count). The molecule has 2 aromatic rings. The van der Waals surface area contributed by atoms with Crippen LogP contribution < -0.4 is 15.1 Å². The molecule has 0 aromatic heterocycles. The van der Waals surface area contributed by atoms with E-state index in [0.717, 1.165) is 30.8 Å². The van der Waals surface area contributed by atoms with E-state index in [1.165, 1.54) is 11.1 Å². The maximum atomic E-state index is 13.6. The van der Waals surface area contributed by atoms with E-state index in [4.69, 9.17) is 0 Å². The third kappa shape index (κ3) is 2.73. The summed E-state index contributed by atoms with van der Waals surface area (Å²) in [6, 6.07) is 16.2. The van der Waals surface area contributed by atoms with Crippen LogP contribution in [0.5, 0.6) is 0 Å². The third-order valence-electron chi connectivity index (χ3n) is 6.51. The summed E-state index contributed by atoms with van der Waals surface area (Å²) in [6.07, 6.45) is 2.76. The molecule has 0 spiro atoms. The average Bonchev–Trinajstić information content (AvgIpc) is 3.45. The van der Waals surface area contributed by atoms with E-state index in [2.05, 4.69) is 17.4 Å². The summed E-state index contributed by atoms with van der Waals surface area (Å²) >= 11 is 0. The molecular weight excluding hydrogens is 350 g/mol. The summed E-state index contributed by atoms with van der Waals surface area (Å²) in [6.45, 7) is 2.78. The molecule has 0 aliphatic carbocycles. The molecule has 1 saturated heterocycles. The number of carbonyl (C=O) groups excluding carboxylic acids is 2. The van der Waals surface area contributed by atoms with Crippen molar-refractivity contribution in [2.24, 2.45) is 5.41 Å². The fourth-order valence-electron chi connectivity index (χ4n) is 4.97. The molecule has 5 heteroatoms. The van der Waals surface area contributed by atoms with Gasteiger partial charge in [-0.15, -0.1) is 0 Å². The van der Waals surface area contributed by atoms with Gasteiger partial charge in [-0.3, -0.25) is 9.59 Å². The van der Waals surface area contributed by atoms with Crippen molar-refractivity contribution in [3.63, 3.8) is 0 Å². The Morgan fingerprint density at radius 1 is 0.893 bits per heavy atom. The fraction of sp³-hybridized carbons (Fsp3) is 0.391. The smallest absolute Gasteiger partial charge is 0.235 e. The van der Waals surface area contributed by atoms with Crippen LogP contribution in [0.3, 0.4) is 0 Å². The van der Waals surface area contributed by atoms with Gasteiger partial charge in [-0.2, -0.15) is 0 Å². The predicted molar refractivity (Wildman–Crippen MR) is 110 cm³/mol. The number of fused-ring (bicyclic) bond motifs is 2. The van der Waals surface area contributed by atoms with Gasteiger partial charge in [0.05, 0.1) is 5.41 Å². The standard InChI is InChI=1S/C23H25N3O2/c27-21(25-13-9-17-5-1-3-7-19(17)25)15-23(11-12-24-16-23)22(28)26-14-10-18-6-2-4-8-20(18)26/h1-8,24H,9-16H2. The molecule has 1 unspecified atom stereocenters. The second-order valence-electron chi connectivity index (χ2n) is 8.14. The van der Waals surface area contributed by atoms with Gasteiger partial charge in [0.2, 0.25) is 11.8 Å². The van der Waals surface area contributed by atoms with Crippen molar-refractivity contribution < 1.29 is 9.59 Å². The Bertz CT molecular complexity index is 933. The highest BCUT2D eigenvalue weighted by molar-refractivity contribution is 6.04. The molecule has 2 amide bonds. The maximum Gasteiger partial charge on any atom is 0.235 e. The molecule has 1 N–H and O–H groups in total. The Morgan fingerprint density at radius 2 is 1.50 bits per heavy atom. The highest BCUT2D eigenvalue weighted by atomic mass is 16.2. The first kappa shape index (κ1) is 17.4. The normalized spacial score (nSPS) is 23.0. The predicted octanol–water partition coefficient (Wildman–Crippen LogP) is 2.53. The first-order chi connectivity index (χ1) is 13.7. The molecule has 0 bridgehead atoms. The summed E-state index contributed by atoms with van der Waals surface area (Å²) in [7, 11) is 0. The zero-order chi connectivity index (χ0) is 19.1. The third-order valence-corrected chi connectivity index (χ3v) is 6.51. The lowest BCUT2D eigenvalue weighted by atomic mass is 9.81. The summed E-state index contributed by atoms with van der Waals surface area (Å²) in [4.78, 5) is 30.7.